The van der Waals surface area contributed by atoms with Gasteiger partial charge in [0.15, 0.2) is 13.0 Å². The van der Waals surface area contributed by atoms with Crippen molar-refractivity contribution in [3.8, 4) is 39.8 Å². The number of nitrogen functional groups attached to an aromatic ring is 1. The minimum atomic E-state index is -0.833. The Bertz CT molecular complexity index is 1890. The Morgan fingerprint density at radius 3 is 2.54 bits per heavy atom. The molecule has 0 amide bonds. The summed E-state index contributed by atoms with van der Waals surface area (Å²) in [6.07, 6.45) is 0. The lowest BCUT2D eigenvalue weighted by atomic mass is 9.96. The first-order valence-corrected chi connectivity index (χ1v) is 12.7. The molecule has 0 aliphatic heterocycles. The number of methoxy groups -OCH3 is 2. The molecule has 3 aromatic heterocycles. The Balaban J connectivity index is 1.67. The number of pyridine rings is 1. The molecular formula is C29H22N4O5S. The third kappa shape index (κ3) is 3.93. The topological polar surface area (TPSA) is 127 Å². The molecule has 194 valence electrons. The number of ether oxygens (including phenoxy) is 2. The van der Waals surface area contributed by atoms with Crippen molar-refractivity contribution in [1.29, 1.82) is 0 Å². The number of hydrogen-bond acceptors (Lipinski definition) is 9. The summed E-state index contributed by atoms with van der Waals surface area (Å²) in [5, 5.41) is 18.5. The maximum atomic E-state index is 13.5. The average molecular weight is 539 g/mol. The van der Waals surface area contributed by atoms with E-state index in [4.69, 9.17) is 20.2 Å². The molecule has 0 aliphatic rings. The van der Waals surface area contributed by atoms with Gasteiger partial charge >= 0.3 is 5.69 Å². The summed E-state index contributed by atoms with van der Waals surface area (Å²) in [4.78, 5) is 19.1. The van der Waals surface area contributed by atoms with Crippen molar-refractivity contribution in [2.75, 3.05) is 20.0 Å². The minimum absolute atomic E-state index is 0.178. The maximum absolute atomic E-state index is 13.5. The highest BCUT2D eigenvalue weighted by molar-refractivity contribution is 7.21. The molecule has 3 aromatic carbocycles. The van der Waals surface area contributed by atoms with E-state index in [-0.39, 0.29) is 16.3 Å². The first-order valence-electron chi connectivity index (χ1n) is 11.9. The number of aryl methyl sites for hydroxylation is 1. The molecule has 0 bridgehead atoms. The molecule has 3 heterocycles. The van der Waals surface area contributed by atoms with Crippen molar-refractivity contribution in [2.24, 2.45) is 7.05 Å². The van der Waals surface area contributed by atoms with E-state index in [1.807, 2.05) is 60.7 Å². The normalized spacial score (nSPS) is 11.3. The van der Waals surface area contributed by atoms with E-state index >= 15 is 0 Å². The van der Waals surface area contributed by atoms with Crippen molar-refractivity contribution >= 4 is 43.8 Å². The monoisotopic (exact) mass is 538 g/mol. The molecule has 10 heteroatoms. The molecule has 0 saturated carbocycles. The molecule has 6 rings (SSSR count). The maximum Gasteiger partial charge on any atom is 0.305 e. The Labute approximate surface area is 226 Å². The average Bonchev–Trinajstić information content (AvgIpc) is 3.49. The number of benzene rings is 3. The van der Waals surface area contributed by atoms with Crippen LogP contribution in [-0.4, -0.2) is 30.3 Å². The van der Waals surface area contributed by atoms with Gasteiger partial charge in [-0.05, 0) is 34.5 Å². The number of thiophene rings is 1. The van der Waals surface area contributed by atoms with Crippen LogP contribution in [0.1, 0.15) is 15.4 Å². The van der Waals surface area contributed by atoms with E-state index in [0.717, 1.165) is 43.5 Å². The number of nitrogens with two attached hydrogens (primary N) is 1. The quantitative estimate of drug-likeness (QED) is 0.243. The van der Waals surface area contributed by atoms with Crippen LogP contribution >= 0.6 is 11.3 Å². The summed E-state index contributed by atoms with van der Waals surface area (Å²) in [7, 11) is 4.63. The van der Waals surface area contributed by atoms with Gasteiger partial charge in [-0.3, -0.25) is 4.79 Å². The van der Waals surface area contributed by atoms with Gasteiger partial charge in [0.05, 0.1) is 30.9 Å². The van der Waals surface area contributed by atoms with Gasteiger partial charge in [-0.15, -0.1) is 11.3 Å². The second kappa shape index (κ2) is 9.41. The van der Waals surface area contributed by atoms with Crippen LogP contribution in [-0.2, 0) is 7.05 Å². The summed E-state index contributed by atoms with van der Waals surface area (Å²) in [6, 6.07) is 21.5. The first kappa shape index (κ1) is 24.4. The molecule has 6 aromatic rings. The molecule has 9 nitrogen and oxygen atoms in total. The third-order valence-corrected chi connectivity index (χ3v) is 7.75. The molecule has 0 aliphatic carbocycles. The van der Waals surface area contributed by atoms with Crippen LogP contribution in [0.3, 0.4) is 0 Å². The molecule has 0 spiro atoms. The van der Waals surface area contributed by atoms with Gasteiger partial charge in [0.25, 0.3) is 5.78 Å². The number of hydrogen-bond donors (Lipinski definition) is 1. The van der Waals surface area contributed by atoms with Crippen LogP contribution < -0.4 is 25.0 Å². The highest BCUT2D eigenvalue weighted by Gasteiger charge is 2.30. The van der Waals surface area contributed by atoms with Crippen LogP contribution in [0, 0.1) is 0 Å². The van der Waals surface area contributed by atoms with Crippen LogP contribution in [0.15, 0.2) is 71.3 Å². The summed E-state index contributed by atoms with van der Waals surface area (Å²) >= 11 is 1.12. The van der Waals surface area contributed by atoms with E-state index in [1.54, 1.807) is 20.3 Å². The smallest absolute Gasteiger partial charge is 0.305 e. The van der Waals surface area contributed by atoms with Gasteiger partial charge in [-0.2, -0.15) is 0 Å². The van der Waals surface area contributed by atoms with Gasteiger partial charge in [-0.1, -0.05) is 47.1 Å². The predicted molar refractivity (Wildman–Crippen MR) is 146 cm³/mol. The standard InChI is InChI=1S/C29H22N4O5S/c1-33-25(29(35)38-32-33)26(34)27-24(30)23-20(19-12-11-16(36-2)13-22(19)37-3)14-21(31-28(23)39-27)18-10-6-8-15-7-4-5-9-17(15)18/h4-14H,1-3H3,(H2-,30,32,34,35). The van der Waals surface area contributed by atoms with E-state index in [1.165, 1.54) is 7.05 Å². The zero-order valence-electron chi connectivity index (χ0n) is 21.2. The first-order chi connectivity index (χ1) is 18.9. The Hall–Kier alpha value is -4.96. The van der Waals surface area contributed by atoms with Gasteiger partial charge in [0, 0.05) is 22.6 Å². The number of ketones is 1. The highest BCUT2D eigenvalue weighted by atomic mass is 32.1. The zero-order valence-corrected chi connectivity index (χ0v) is 22.0. The van der Waals surface area contributed by atoms with E-state index in [0.29, 0.717) is 27.4 Å². The lowest BCUT2D eigenvalue weighted by Gasteiger charge is -2.14. The number of carbonyl (C=O) groups is 1. The molecule has 0 fully saturated rings. The number of nitrogens with zero attached hydrogens (tertiary/aromatic N) is 3. The van der Waals surface area contributed by atoms with Gasteiger partial charge in [0.2, 0.25) is 0 Å². The van der Waals surface area contributed by atoms with Gasteiger partial charge in [0.1, 0.15) is 21.2 Å². The van der Waals surface area contributed by atoms with Crippen LogP contribution in [0.2, 0.25) is 0 Å². The van der Waals surface area contributed by atoms with Crippen molar-refractivity contribution < 1.29 is 28.6 Å². The molecule has 2 N–H and O–H groups in total. The summed E-state index contributed by atoms with van der Waals surface area (Å²) in [5.74, 6) is -0.215. The molecule has 0 atom stereocenters. The molecule has 0 saturated heterocycles. The van der Waals surface area contributed by atoms with Crippen LogP contribution in [0.4, 0.5) is 5.69 Å². The number of anilines is 1. The predicted octanol–water partition coefficient (Wildman–Crippen LogP) is 4.50. The Morgan fingerprint density at radius 1 is 1.00 bits per heavy atom. The largest absolute Gasteiger partial charge is 0.539 e. The fraction of sp³-hybridized carbons (Fsp3) is 0.103. The summed E-state index contributed by atoms with van der Waals surface area (Å²) in [6.45, 7) is 0. The van der Waals surface area contributed by atoms with Crippen molar-refractivity contribution in [3.05, 3.63) is 77.3 Å². The lowest BCUT2D eigenvalue weighted by molar-refractivity contribution is -0.741. The molecule has 0 unspecified atom stereocenters. The molecular weight excluding hydrogens is 516 g/mol. The molecule has 39 heavy (non-hydrogen) atoms. The Kier molecular flexibility index (Phi) is 5.88. The van der Waals surface area contributed by atoms with E-state index in [9.17, 15) is 9.90 Å². The minimum Gasteiger partial charge on any atom is -0.539 e. The van der Waals surface area contributed by atoms with E-state index in [2.05, 4.69) is 9.79 Å². The van der Waals surface area contributed by atoms with Crippen molar-refractivity contribution in [2.45, 2.75) is 0 Å². The fourth-order valence-electron chi connectivity index (χ4n) is 4.77. The summed E-state index contributed by atoms with van der Waals surface area (Å²) in [5.41, 5.74) is 9.73. The van der Waals surface area contributed by atoms with Crippen LogP contribution in [0.25, 0.3) is 43.4 Å². The number of carbonyl (C=O) groups excluding carboxylic acids is 1. The van der Waals surface area contributed by atoms with Crippen LogP contribution in [0.5, 0.6) is 17.4 Å². The summed E-state index contributed by atoms with van der Waals surface area (Å²) < 4.78 is 16.9. The van der Waals surface area contributed by atoms with Gasteiger partial charge in [-0.25, -0.2) is 4.98 Å². The van der Waals surface area contributed by atoms with Gasteiger partial charge < -0.3 is 24.8 Å². The fourth-order valence-corrected chi connectivity index (χ4v) is 5.83. The van der Waals surface area contributed by atoms with Crippen molar-refractivity contribution in [3.63, 3.8) is 0 Å². The zero-order chi connectivity index (χ0) is 27.3. The second-order valence-electron chi connectivity index (χ2n) is 8.83. The molecule has 0 radical (unpaired) electrons. The number of fused-ring (bicyclic) bond motifs is 2. The number of aromatic nitrogens is 3. The highest BCUT2D eigenvalue weighted by Crippen LogP contribution is 2.45. The lowest BCUT2D eigenvalue weighted by Crippen LogP contribution is -2.37. The van der Waals surface area contributed by atoms with E-state index < -0.39 is 11.7 Å². The third-order valence-electron chi connectivity index (χ3n) is 6.65. The second-order valence-corrected chi connectivity index (χ2v) is 9.83. The SMILES string of the molecule is COc1ccc(-c2cc(-c3cccc4ccccc34)nc3sc(C(=O)c4c([O-])on[n+]4C)c(N)c23)c(OC)c1. The number of rotatable bonds is 6. The Morgan fingerprint density at radius 2 is 1.79 bits per heavy atom. The van der Waals surface area contributed by atoms with Crippen molar-refractivity contribution in [1.82, 2.24) is 10.3 Å².